The smallest absolute Gasteiger partial charge is 0.130 e. The van der Waals surface area contributed by atoms with Gasteiger partial charge in [-0.3, -0.25) is 0 Å². The Morgan fingerprint density at radius 2 is 1.81 bits per heavy atom. The average molecular weight is 363 g/mol. The molecule has 1 atom stereocenters. The number of halogens is 2. The Hall–Kier alpha value is -1.71. The van der Waals surface area contributed by atoms with E-state index < -0.39 is 0 Å². The van der Waals surface area contributed by atoms with E-state index in [-0.39, 0.29) is 6.04 Å². The molecular formula is C17H13BrClNO. The Bertz CT molecular complexity index is 713. The van der Waals surface area contributed by atoms with E-state index in [1.807, 2.05) is 48.5 Å². The van der Waals surface area contributed by atoms with E-state index in [1.165, 1.54) is 0 Å². The molecule has 3 aromatic rings. The molecule has 21 heavy (non-hydrogen) atoms. The number of hydrogen-bond acceptors (Lipinski definition) is 2. The van der Waals surface area contributed by atoms with Gasteiger partial charge >= 0.3 is 0 Å². The highest BCUT2D eigenvalue weighted by molar-refractivity contribution is 9.10. The summed E-state index contributed by atoms with van der Waals surface area (Å²) >= 11 is 9.74. The minimum absolute atomic E-state index is 0.0898. The minimum Gasteiger partial charge on any atom is -0.467 e. The fourth-order valence-electron chi connectivity index (χ4n) is 2.18. The second-order valence-electron chi connectivity index (χ2n) is 4.63. The van der Waals surface area contributed by atoms with Gasteiger partial charge in [0.15, 0.2) is 0 Å². The predicted octanol–water partition coefficient (Wildman–Crippen LogP) is 5.90. The Balaban J connectivity index is 1.99. The molecule has 4 heteroatoms. The topological polar surface area (TPSA) is 25.2 Å². The molecule has 0 aliphatic rings. The summed E-state index contributed by atoms with van der Waals surface area (Å²) in [5.41, 5.74) is 1.97. The summed E-state index contributed by atoms with van der Waals surface area (Å²) in [7, 11) is 0. The van der Waals surface area contributed by atoms with Crippen molar-refractivity contribution in [2.45, 2.75) is 6.04 Å². The van der Waals surface area contributed by atoms with E-state index in [9.17, 15) is 0 Å². The van der Waals surface area contributed by atoms with Gasteiger partial charge in [-0.25, -0.2) is 0 Å². The molecule has 0 aliphatic heterocycles. The lowest BCUT2D eigenvalue weighted by Gasteiger charge is -2.19. The Kier molecular flexibility index (Phi) is 4.32. The maximum atomic E-state index is 6.28. The summed E-state index contributed by atoms with van der Waals surface area (Å²) in [5, 5.41) is 4.12. The number of furan rings is 1. The van der Waals surface area contributed by atoms with Crippen molar-refractivity contribution in [3.8, 4) is 0 Å². The van der Waals surface area contributed by atoms with Crippen molar-refractivity contribution in [2.75, 3.05) is 5.32 Å². The van der Waals surface area contributed by atoms with E-state index in [0.717, 1.165) is 21.5 Å². The normalized spacial score (nSPS) is 12.1. The van der Waals surface area contributed by atoms with Crippen LogP contribution in [0.2, 0.25) is 5.02 Å². The monoisotopic (exact) mass is 361 g/mol. The molecule has 1 unspecified atom stereocenters. The van der Waals surface area contributed by atoms with Crippen LogP contribution < -0.4 is 5.32 Å². The molecule has 0 saturated heterocycles. The van der Waals surface area contributed by atoms with Gasteiger partial charge in [0.1, 0.15) is 11.8 Å². The summed E-state index contributed by atoms with van der Waals surface area (Å²) in [6, 6.07) is 19.6. The van der Waals surface area contributed by atoms with Crippen molar-refractivity contribution in [3.05, 3.63) is 87.7 Å². The van der Waals surface area contributed by atoms with E-state index in [0.29, 0.717) is 5.02 Å². The third-order valence-corrected chi connectivity index (χ3v) is 4.01. The molecule has 0 radical (unpaired) electrons. The summed E-state index contributed by atoms with van der Waals surface area (Å²) in [5.74, 6) is 0.845. The first-order chi connectivity index (χ1) is 10.2. The van der Waals surface area contributed by atoms with Gasteiger partial charge in [-0.1, -0.05) is 57.9 Å². The number of nitrogens with one attached hydrogen (secondary N) is 1. The van der Waals surface area contributed by atoms with E-state index in [4.69, 9.17) is 16.0 Å². The maximum absolute atomic E-state index is 6.28. The summed E-state index contributed by atoms with van der Waals surface area (Å²) in [6.07, 6.45) is 1.68. The lowest BCUT2D eigenvalue weighted by molar-refractivity contribution is 0.499. The average Bonchev–Trinajstić information content (AvgIpc) is 3.03. The summed E-state index contributed by atoms with van der Waals surface area (Å²) in [4.78, 5) is 0. The number of benzene rings is 2. The third kappa shape index (κ3) is 3.31. The fraction of sp³-hybridized carbons (Fsp3) is 0.0588. The van der Waals surface area contributed by atoms with E-state index in [2.05, 4.69) is 33.4 Å². The minimum atomic E-state index is -0.0898. The Morgan fingerprint density at radius 1 is 1.00 bits per heavy atom. The van der Waals surface area contributed by atoms with Crippen LogP contribution in [0.4, 0.5) is 5.69 Å². The van der Waals surface area contributed by atoms with Gasteiger partial charge in [0, 0.05) is 4.47 Å². The fourth-order valence-corrected chi connectivity index (χ4v) is 2.72. The highest BCUT2D eigenvalue weighted by Gasteiger charge is 2.17. The van der Waals surface area contributed by atoms with Crippen LogP contribution >= 0.6 is 27.5 Å². The van der Waals surface area contributed by atoms with Crippen molar-refractivity contribution in [1.82, 2.24) is 0 Å². The van der Waals surface area contributed by atoms with Gasteiger partial charge in [0.2, 0.25) is 0 Å². The van der Waals surface area contributed by atoms with Gasteiger partial charge < -0.3 is 9.73 Å². The molecule has 0 saturated carbocycles. The van der Waals surface area contributed by atoms with Crippen molar-refractivity contribution >= 4 is 33.2 Å². The molecule has 1 heterocycles. The molecule has 0 fully saturated rings. The SMILES string of the molecule is Clc1ccc(Br)cc1NC(c1ccccc1)c1ccco1. The molecule has 0 amide bonds. The second-order valence-corrected chi connectivity index (χ2v) is 5.95. The zero-order chi connectivity index (χ0) is 14.7. The van der Waals surface area contributed by atoms with Crippen LogP contribution in [0.3, 0.4) is 0 Å². The van der Waals surface area contributed by atoms with Crippen LogP contribution in [0.1, 0.15) is 17.4 Å². The number of rotatable bonds is 4. The second kappa shape index (κ2) is 6.37. The first-order valence-corrected chi connectivity index (χ1v) is 7.71. The van der Waals surface area contributed by atoms with Gasteiger partial charge in [-0.15, -0.1) is 0 Å². The third-order valence-electron chi connectivity index (χ3n) is 3.19. The zero-order valence-electron chi connectivity index (χ0n) is 11.1. The molecule has 1 aromatic heterocycles. The van der Waals surface area contributed by atoms with Crippen LogP contribution in [0.15, 0.2) is 75.8 Å². The summed E-state index contributed by atoms with van der Waals surface area (Å²) < 4.78 is 6.55. The van der Waals surface area contributed by atoms with Crippen molar-refractivity contribution < 1.29 is 4.42 Å². The molecule has 1 N–H and O–H groups in total. The van der Waals surface area contributed by atoms with E-state index >= 15 is 0 Å². The van der Waals surface area contributed by atoms with Crippen molar-refractivity contribution in [3.63, 3.8) is 0 Å². The van der Waals surface area contributed by atoms with Crippen LogP contribution in [-0.2, 0) is 0 Å². The molecule has 106 valence electrons. The molecule has 2 aromatic carbocycles. The van der Waals surface area contributed by atoms with Crippen LogP contribution in [0.5, 0.6) is 0 Å². The van der Waals surface area contributed by atoms with Gasteiger partial charge in [0.25, 0.3) is 0 Å². The molecule has 0 aliphatic carbocycles. The number of hydrogen-bond donors (Lipinski definition) is 1. The van der Waals surface area contributed by atoms with Gasteiger partial charge in [-0.05, 0) is 35.9 Å². The van der Waals surface area contributed by atoms with Gasteiger partial charge in [-0.2, -0.15) is 0 Å². The molecule has 2 nitrogen and oxygen atoms in total. The van der Waals surface area contributed by atoms with Crippen LogP contribution in [0, 0.1) is 0 Å². The van der Waals surface area contributed by atoms with Crippen molar-refractivity contribution in [2.24, 2.45) is 0 Å². The van der Waals surface area contributed by atoms with Crippen LogP contribution in [0.25, 0.3) is 0 Å². The van der Waals surface area contributed by atoms with E-state index in [1.54, 1.807) is 6.26 Å². The lowest BCUT2D eigenvalue weighted by Crippen LogP contribution is -2.11. The first kappa shape index (κ1) is 14.2. The highest BCUT2D eigenvalue weighted by atomic mass is 79.9. The zero-order valence-corrected chi connectivity index (χ0v) is 13.4. The highest BCUT2D eigenvalue weighted by Crippen LogP contribution is 2.32. The van der Waals surface area contributed by atoms with Crippen molar-refractivity contribution in [1.29, 1.82) is 0 Å². The standard InChI is InChI=1S/C17H13BrClNO/c18-13-8-9-14(19)15(11-13)20-17(16-7-4-10-21-16)12-5-2-1-3-6-12/h1-11,17,20H. The molecule has 0 bridgehead atoms. The molecule has 0 spiro atoms. The Labute approximate surface area is 136 Å². The largest absolute Gasteiger partial charge is 0.467 e. The number of anilines is 1. The first-order valence-electron chi connectivity index (χ1n) is 6.54. The maximum Gasteiger partial charge on any atom is 0.130 e. The summed E-state index contributed by atoms with van der Waals surface area (Å²) in [6.45, 7) is 0. The lowest BCUT2D eigenvalue weighted by atomic mass is 10.0. The molecular weight excluding hydrogens is 350 g/mol. The quantitative estimate of drug-likeness (QED) is 0.625. The van der Waals surface area contributed by atoms with Crippen LogP contribution in [-0.4, -0.2) is 0 Å². The van der Waals surface area contributed by atoms with Gasteiger partial charge in [0.05, 0.1) is 17.0 Å². The Morgan fingerprint density at radius 3 is 2.52 bits per heavy atom. The molecule has 3 rings (SSSR count). The predicted molar refractivity (Wildman–Crippen MR) is 89.8 cm³/mol.